The zero-order valence-electron chi connectivity index (χ0n) is 18.0. The minimum atomic E-state index is 0.403. The highest BCUT2D eigenvalue weighted by Gasteiger charge is 2.12. The fraction of sp³-hybridized carbons (Fsp3) is 0.143. The number of rotatable bonds is 10. The van der Waals surface area contributed by atoms with Crippen molar-refractivity contribution in [3.05, 3.63) is 126 Å². The van der Waals surface area contributed by atoms with Crippen molar-refractivity contribution >= 4 is 6.08 Å². The van der Waals surface area contributed by atoms with Crippen LogP contribution in [0, 0.1) is 0 Å². The Hall–Kier alpha value is -3.92. The fourth-order valence-corrected chi connectivity index (χ4v) is 3.41. The lowest BCUT2D eigenvalue weighted by atomic mass is 10.0. The highest BCUT2D eigenvalue weighted by Crippen LogP contribution is 2.27. The third-order valence-corrected chi connectivity index (χ3v) is 5.16. The molecule has 0 aliphatic carbocycles. The number of hydrogen-bond acceptors (Lipinski definition) is 4. The van der Waals surface area contributed by atoms with Crippen molar-refractivity contribution in [2.24, 2.45) is 0 Å². The van der Waals surface area contributed by atoms with Crippen LogP contribution in [0.3, 0.4) is 0 Å². The summed E-state index contributed by atoms with van der Waals surface area (Å²) < 4.78 is 12.1. The molecule has 1 aromatic heterocycles. The van der Waals surface area contributed by atoms with Crippen molar-refractivity contribution < 1.29 is 9.47 Å². The lowest BCUT2D eigenvalue weighted by Gasteiger charge is -2.13. The quantitative estimate of drug-likeness (QED) is 0.311. The second kappa shape index (κ2) is 10.9. The van der Waals surface area contributed by atoms with Crippen LogP contribution in [0.2, 0.25) is 0 Å². The summed E-state index contributed by atoms with van der Waals surface area (Å²) in [5.74, 6) is 1.01. The Morgan fingerprint density at radius 3 is 2.00 bits per heavy atom. The summed E-state index contributed by atoms with van der Waals surface area (Å²) in [6, 6.07) is 30.2. The van der Waals surface area contributed by atoms with Gasteiger partial charge in [0.15, 0.2) is 5.75 Å². The average Bonchev–Trinajstić information content (AvgIpc) is 2.87. The SMILES string of the molecule is C=Cc1ccccc1CCc1cc(OCc2ccccc2)c(OCc2ccccc2)nn1. The summed E-state index contributed by atoms with van der Waals surface area (Å²) in [6.45, 7) is 4.75. The second-order valence-corrected chi connectivity index (χ2v) is 7.46. The van der Waals surface area contributed by atoms with E-state index in [4.69, 9.17) is 9.47 Å². The summed E-state index contributed by atoms with van der Waals surface area (Å²) >= 11 is 0. The summed E-state index contributed by atoms with van der Waals surface area (Å²) in [6.07, 6.45) is 3.48. The number of ether oxygens (including phenoxy) is 2. The largest absolute Gasteiger partial charge is 0.483 e. The van der Waals surface area contributed by atoms with Gasteiger partial charge in [-0.25, -0.2) is 0 Å². The molecule has 4 nitrogen and oxygen atoms in total. The molecule has 1 heterocycles. The van der Waals surface area contributed by atoms with Gasteiger partial charge in [-0.3, -0.25) is 0 Å². The Kier molecular flexibility index (Phi) is 7.27. The van der Waals surface area contributed by atoms with Gasteiger partial charge < -0.3 is 9.47 Å². The molecule has 160 valence electrons. The molecular weight excluding hydrogens is 396 g/mol. The van der Waals surface area contributed by atoms with Gasteiger partial charge in [-0.15, -0.1) is 5.10 Å². The van der Waals surface area contributed by atoms with Crippen LogP contribution in [0.5, 0.6) is 11.6 Å². The smallest absolute Gasteiger partial charge is 0.276 e. The van der Waals surface area contributed by atoms with Crippen molar-refractivity contribution in [2.45, 2.75) is 26.1 Å². The zero-order chi connectivity index (χ0) is 22.0. The Labute approximate surface area is 189 Å². The van der Waals surface area contributed by atoms with E-state index in [-0.39, 0.29) is 0 Å². The standard InChI is InChI=1S/C28H26N2O2/c1-2-24-15-9-10-16-25(24)17-18-26-19-27(31-20-22-11-5-3-6-12-22)28(30-29-26)32-21-23-13-7-4-8-14-23/h2-16,19H,1,17-18,20-21H2. The summed E-state index contributed by atoms with van der Waals surface area (Å²) in [5.41, 5.74) is 5.39. The monoisotopic (exact) mass is 422 g/mol. The maximum atomic E-state index is 6.11. The summed E-state index contributed by atoms with van der Waals surface area (Å²) in [4.78, 5) is 0. The number of hydrogen-bond donors (Lipinski definition) is 0. The number of aryl methyl sites for hydroxylation is 2. The van der Waals surface area contributed by atoms with E-state index in [9.17, 15) is 0 Å². The van der Waals surface area contributed by atoms with Crippen molar-refractivity contribution in [2.75, 3.05) is 0 Å². The van der Waals surface area contributed by atoms with Crippen molar-refractivity contribution in [1.29, 1.82) is 0 Å². The molecule has 0 aliphatic heterocycles. The van der Waals surface area contributed by atoms with Gasteiger partial charge in [0.25, 0.3) is 5.88 Å². The minimum absolute atomic E-state index is 0.403. The van der Waals surface area contributed by atoms with Gasteiger partial charge in [0.05, 0.1) is 5.69 Å². The summed E-state index contributed by atoms with van der Waals surface area (Å²) in [7, 11) is 0. The molecule has 4 heteroatoms. The topological polar surface area (TPSA) is 44.2 Å². The van der Waals surface area contributed by atoms with Crippen LogP contribution in [0.1, 0.15) is 27.9 Å². The van der Waals surface area contributed by atoms with Crippen LogP contribution < -0.4 is 9.47 Å². The van der Waals surface area contributed by atoms with Gasteiger partial charge in [-0.1, -0.05) is 97.6 Å². The van der Waals surface area contributed by atoms with Crippen LogP contribution >= 0.6 is 0 Å². The van der Waals surface area contributed by atoms with E-state index in [0.717, 1.165) is 35.2 Å². The van der Waals surface area contributed by atoms with Crippen LogP contribution in [-0.4, -0.2) is 10.2 Å². The molecule has 0 atom stereocenters. The number of aromatic nitrogens is 2. The molecule has 0 spiro atoms. The van der Waals surface area contributed by atoms with Crippen LogP contribution in [0.25, 0.3) is 6.08 Å². The van der Waals surface area contributed by atoms with Crippen LogP contribution in [0.15, 0.2) is 97.6 Å². The van der Waals surface area contributed by atoms with Crippen LogP contribution in [0.4, 0.5) is 0 Å². The van der Waals surface area contributed by atoms with E-state index in [0.29, 0.717) is 24.8 Å². The first kappa shape index (κ1) is 21.3. The molecule has 0 N–H and O–H groups in total. The van der Waals surface area contributed by atoms with Crippen molar-refractivity contribution in [3.8, 4) is 11.6 Å². The van der Waals surface area contributed by atoms with E-state index < -0.39 is 0 Å². The number of nitrogens with zero attached hydrogens (tertiary/aromatic N) is 2. The number of benzene rings is 3. The third kappa shape index (κ3) is 5.82. The molecule has 0 saturated carbocycles. The van der Waals surface area contributed by atoms with E-state index in [1.54, 1.807) is 0 Å². The predicted molar refractivity (Wildman–Crippen MR) is 128 cm³/mol. The fourth-order valence-electron chi connectivity index (χ4n) is 3.41. The Morgan fingerprint density at radius 1 is 0.688 bits per heavy atom. The Balaban J connectivity index is 1.50. The molecule has 0 radical (unpaired) electrons. The van der Waals surface area contributed by atoms with E-state index >= 15 is 0 Å². The van der Waals surface area contributed by atoms with E-state index in [2.05, 4.69) is 28.9 Å². The first-order chi connectivity index (χ1) is 15.8. The molecule has 3 aromatic carbocycles. The van der Waals surface area contributed by atoms with Gasteiger partial charge in [0.1, 0.15) is 13.2 Å². The normalized spacial score (nSPS) is 10.5. The van der Waals surface area contributed by atoms with E-state index in [1.165, 1.54) is 5.56 Å². The Bertz CT molecular complexity index is 1140. The lowest BCUT2D eigenvalue weighted by Crippen LogP contribution is -2.06. The van der Waals surface area contributed by atoms with E-state index in [1.807, 2.05) is 84.9 Å². The minimum Gasteiger partial charge on any atom is -0.483 e. The van der Waals surface area contributed by atoms with Crippen molar-refractivity contribution in [3.63, 3.8) is 0 Å². The molecule has 0 saturated heterocycles. The average molecular weight is 423 g/mol. The maximum absolute atomic E-state index is 6.11. The first-order valence-electron chi connectivity index (χ1n) is 10.7. The predicted octanol–water partition coefficient (Wildman–Crippen LogP) is 6.06. The third-order valence-electron chi connectivity index (χ3n) is 5.16. The zero-order valence-corrected chi connectivity index (χ0v) is 18.0. The lowest BCUT2D eigenvalue weighted by molar-refractivity contribution is 0.243. The van der Waals surface area contributed by atoms with Gasteiger partial charge in [0.2, 0.25) is 0 Å². The Morgan fingerprint density at radius 2 is 1.31 bits per heavy atom. The van der Waals surface area contributed by atoms with Crippen LogP contribution in [-0.2, 0) is 26.1 Å². The first-order valence-corrected chi connectivity index (χ1v) is 10.7. The molecule has 32 heavy (non-hydrogen) atoms. The second-order valence-electron chi connectivity index (χ2n) is 7.46. The van der Waals surface area contributed by atoms with Gasteiger partial charge in [-0.05, 0) is 35.1 Å². The molecule has 4 aromatic rings. The molecular formula is C28H26N2O2. The maximum Gasteiger partial charge on any atom is 0.276 e. The highest BCUT2D eigenvalue weighted by molar-refractivity contribution is 5.51. The molecule has 0 amide bonds. The molecule has 0 aliphatic rings. The molecule has 0 bridgehead atoms. The highest BCUT2D eigenvalue weighted by atomic mass is 16.5. The molecule has 0 fully saturated rings. The molecule has 4 rings (SSSR count). The van der Waals surface area contributed by atoms with Gasteiger partial charge in [0, 0.05) is 6.07 Å². The van der Waals surface area contributed by atoms with Gasteiger partial charge in [-0.2, -0.15) is 5.10 Å². The molecule has 0 unspecified atom stereocenters. The summed E-state index contributed by atoms with van der Waals surface area (Å²) in [5, 5.41) is 8.74. The van der Waals surface area contributed by atoms with Crippen molar-refractivity contribution in [1.82, 2.24) is 10.2 Å². The van der Waals surface area contributed by atoms with Gasteiger partial charge >= 0.3 is 0 Å².